The Morgan fingerprint density at radius 3 is 2.83 bits per heavy atom. The fourth-order valence-electron chi connectivity index (χ4n) is 4.28. The van der Waals surface area contributed by atoms with Crippen LogP contribution >= 0.6 is 11.3 Å². The van der Waals surface area contributed by atoms with Gasteiger partial charge in [0.05, 0.1) is 36.3 Å². The van der Waals surface area contributed by atoms with Crippen LogP contribution in [-0.2, 0) is 23.1 Å². The van der Waals surface area contributed by atoms with E-state index in [2.05, 4.69) is 9.88 Å². The molecule has 2 aliphatic heterocycles. The highest BCUT2D eigenvalue weighted by molar-refractivity contribution is 7.89. The molecule has 1 saturated heterocycles. The van der Waals surface area contributed by atoms with Crippen molar-refractivity contribution in [1.82, 2.24) is 14.2 Å². The van der Waals surface area contributed by atoms with Gasteiger partial charge in [0.25, 0.3) is 0 Å². The summed E-state index contributed by atoms with van der Waals surface area (Å²) in [5.74, 6) is 0.430. The maximum Gasteiger partial charge on any atom is 0.247 e. The average Bonchev–Trinajstić information content (AvgIpc) is 3.44. The summed E-state index contributed by atoms with van der Waals surface area (Å²) in [7, 11) is -3.70. The molecule has 5 rings (SSSR count). The van der Waals surface area contributed by atoms with Gasteiger partial charge in [-0.05, 0) is 25.1 Å². The Balaban J connectivity index is 1.48. The summed E-state index contributed by atoms with van der Waals surface area (Å²) in [5, 5.41) is 2.85. The maximum atomic E-state index is 13.5. The zero-order valence-electron chi connectivity index (χ0n) is 16.7. The van der Waals surface area contributed by atoms with Crippen LogP contribution in [0.2, 0.25) is 0 Å². The van der Waals surface area contributed by atoms with Crippen molar-refractivity contribution in [1.29, 1.82) is 0 Å². The molecule has 0 N–H and O–H groups in total. The fourth-order valence-corrected chi connectivity index (χ4v) is 6.48. The molecule has 3 aromatic rings. The number of furan rings is 1. The Labute approximate surface area is 180 Å². The lowest BCUT2D eigenvalue weighted by Gasteiger charge is -2.32. The minimum absolute atomic E-state index is 0.224. The topological polar surface area (TPSA) is 75.9 Å². The molecule has 0 aliphatic carbocycles. The molecule has 0 bridgehead atoms. The van der Waals surface area contributed by atoms with Gasteiger partial charge in [0.2, 0.25) is 10.0 Å². The first-order valence-corrected chi connectivity index (χ1v) is 12.2. The highest BCUT2D eigenvalue weighted by Crippen LogP contribution is 2.39. The SMILES string of the molecule is Cc1nc(CN2C[C@]3(CCN(Cc4ccoc4)C3)Oc3ccccc3S2(=O)=O)cs1. The smallest absolute Gasteiger partial charge is 0.247 e. The lowest BCUT2D eigenvalue weighted by molar-refractivity contribution is 0.0568. The van der Waals surface area contributed by atoms with Crippen LogP contribution in [0, 0.1) is 6.92 Å². The summed E-state index contributed by atoms with van der Waals surface area (Å²) < 4.78 is 40.2. The number of ether oxygens (including phenoxy) is 1. The molecule has 0 unspecified atom stereocenters. The monoisotopic (exact) mass is 445 g/mol. The molecule has 30 heavy (non-hydrogen) atoms. The molecule has 158 valence electrons. The summed E-state index contributed by atoms with van der Waals surface area (Å²) in [4.78, 5) is 7.00. The second kappa shape index (κ2) is 7.49. The Hall–Kier alpha value is -2.20. The zero-order valence-corrected chi connectivity index (χ0v) is 18.3. The summed E-state index contributed by atoms with van der Waals surface area (Å²) in [6.07, 6.45) is 4.17. The molecule has 0 amide bonds. The number of rotatable bonds is 4. The molecular formula is C21H23N3O4S2. The van der Waals surface area contributed by atoms with E-state index in [9.17, 15) is 8.42 Å². The zero-order chi connectivity index (χ0) is 20.8. The summed E-state index contributed by atoms with van der Waals surface area (Å²) in [6, 6.07) is 8.89. The Morgan fingerprint density at radius 2 is 2.07 bits per heavy atom. The van der Waals surface area contributed by atoms with Crippen molar-refractivity contribution in [3.05, 3.63) is 64.5 Å². The van der Waals surface area contributed by atoms with E-state index in [1.54, 1.807) is 30.7 Å². The number of thiazole rings is 1. The normalized spacial score (nSPS) is 23.9. The third kappa shape index (κ3) is 3.66. The largest absolute Gasteiger partial charge is 0.483 e. The number of hydrogen-bond acceptors (Lipinski definition) is 7. The number of benzene rings is 1. The van der Waals surface area contributed by atoms with Crippen LogP contribution in [-0.4, -0.2) is 47.8 Å². The van der Waals surface area contributed by atoms with Gasteiger partial charge in [0.15, 0.2) is 0 Å². The van der Waals surface area contributed by atoms with Crippen LogP contribution in [0.15, 0.2) is 57.6 Å². The van der Waals surface area contributed by atoms with Gasteiger partial charge in [-0.1, -0.05) is 12.1 Å². The highest BCUT2D eigenvalue weighted by atomic mass is 32.2. The second-order valence-corrected chi connectivity index (χ2v) is 10.9. The first-order valence-electron chi connectivity index (χ1n) is 9.86. The molecule has 9 heteroatoms. The van der Waals surface area contributed by atoms with Gasteiger partial charge in [-0.3, -0.25) is 4.90 Å². The van der Waals surface area contributed by atoms with Gasteiger partial charge < -0.3 is 9.15 Å². The first kappa shape index (κ1) is 19.7. The highest BCUT2D eigenvalue weighted by Gasteiger charge is 2.47. The summed E-state index contributed by atoms with van der Waals surface area (Å²) in [5.41, 5.74) is 1.27. The number of fused-ring (bicyclic) bond motifs is 1. The van der Waals surface area contributed by atoms with Crippen molar-refractivity contribution in [2.45, 2.75) is 36.9 Å². The van der Waals surface area contributed by atoms with Crippen molar-refractivity contribution < 1.29 is 17.6 Å². The summed E-state index contributed by atoms with van der Waals surface area (Å²) in [6.45, 7) is 4.69. The van der Waals surface area contributed by atoms with Gasteiger partial charge in [-0.2, -0.15) is 4.31 Å². The second-order valence-electron chi connectivity index (χ2n) is 7.96. The number of aromatic nitrogens is 1. The van der Waals surface area contributed by atoms with Crippen LogP contribution in [0.4, 0.5) is 0 Å². The van der Waals surface area contributed by atoms with Crippen molar-refractivity contribution in [2.75, 3.05) is 19.6 Å². The van der Waals surface area contributed by atoms with Gasteiger partial charge >= 0.3 is 0 Å². The molecule has 1 spiro atoms. The van der Waals surface area contributed by atoms with Crippen molar-refractivity contribution in [2.24, 2.45) is 0 Å². The molecular weight excluding hydrogens is 422 g/mol. The standard InChI is InChI=1S/C21H23N3O4S2/c1-16-22-18(13-29-16)11-24-15-21(7-8-23(14-21)10-17-6-9-27-12-17)28-19-4-2-3-5-20(19)30(24,25)26/h2-6,9,12-13H,7-8,10-11,14-15H2,1H3/t21-/m1/s1. The lowest BCUT2D eigenvalue weighted by Crippen LogP contribution is -2.48. The number of likely N-dealkylation sites (tertiary alicyclic amines) is 1. The average molecular weight is 446 g/mol. The van der Waals surface area contributed by atoms with Crippen LogP contribution in [0.5, 0.6) is 5.75 Å². The van der Waals surface area contributed by atoms with E-state index in [0.29, 0.717) is 18.8 Å². The van der Waals surface area contributed by atoms with Crippen LogP contribution in [0.3, 0.4) is 0 Å². The van der Waals surface area contributed by atoms with Crippen LogP contribution in [0.1, 0.15) is 22.7 Å². The van der Waals surface area contributed by atoms with Gasteiger partial charge in [0.1, 0.15) is 16.2 Å². The fraction of sp³-hybridized carbons (Fsp3) is 0.381. The van der Waals surface area contributed by atoms with Gasteiger partial charge in [-0.25, -0.2) is 13.4 Å². The third-order valence-corrected chi connectivity index (χ3v) is 8.30. The quantitative estimate of drug-likeness (QED) is 0.614. The van der Waals surface area contributed by atoms with E-state index in [4.69, 9.17) is 9.15 Å². The van der Waals surface area contributed by atoms with Crippen LogP contribution < -0.4 is 4.74 Å². The predicted octanol–water partition coefficient (Wildman–Crippen LogP) is 3.27. The van der Waals surface area contributed by atoms with E-state index >= 15 is 0 Å². The minimum Gasteiger partial charge on any atom is -0.483 e. The molecule has 2 aliphatic rings. The molecule has 4 heterocycles. The maximum absolute atomic E-state index is 13.5. The molecule has 1 aromatic carbocycles. The van der Waals surface area contributed by atoms with E-state index in [1.165, 1.54) is 15.6 Å². The molecule has 0 radical (unpaired) electrons. The van der Waals surface area contributed by atoms with E-state index in [-0.39, 0.29) is 11.4 Å². The molecule has 1 fully saturated rings. The number of hydrogen-bond donors (Lipinski definition) is 0. The Bertz CT molecular complexity index is 1140. The van der Waals surface area contributed by atoms with Crippen molar-refractivity contribution >= 4 is 21.4 Å². The van der Waals surface area contributed by atoms with Gasteiger partial charge in [-0.15, -0.1) is 11.3 Å². The van der Waals surface area contributed by atoms with Crippen molar-refractivity contribution in [3.63, 3.8) is 0 Å². The molecule has 0 saturated carbocycles. The minimum atomic E-state index is -3.70. The van der Waals surface area contributed by atoms with E-state index < -0.39 is 15.6 Å². The number of aryl methyl sites for hydroxylation is 1. The number of sulfonamides is 1. The third-order valence-electron chi connectivity index (χ3n) is 5.64. The molecule has 7 nitrogen and oxygen atoms in total. The van der Waals surface area contributed by atoms with E-state index in [1.807, 2.05) is 24.4 Å². The van der Waals surface area contributed by atoms with Crippen molar-refractivity contribution in [3.8, 4) is 5.75 Å². The Kier molecular flexibility index (Phi) is 4.93. The molecule has 1 atom stereocenters. The van der Waals surface area contributed by atoms with Gasteiger partial charge in [0, 0.05) is 37.0 Å². The number of nitrogens with zero attached hydrogens (tertiary/aromatic N) is 3. The first-order chi connectivity index (χ1) is 14.4. The Morgan fingerprint density at radius 1 is 1.20 bits per heavy atom. The summed E-state index contributed by atoms with van der Waals surface area (Å²) >= 11 is 1.53. The van der Waals surface area contributed by atoms with Crippen LogP contribution in [0.25, 0.3) is 0 Å². The van der Waals surface area contributed by atoms with E-state index in [0.717, 1.165) is 35.8 Å². The lowest BCUT2D eigenvalue weighted by atomic mass is 10.0. The predicted molar refractivity (Wildman–Crippen MR) is 113 cm³/mol. The number of para-hydroxylation sites is 1. The molecule has 2 aromatic heterocycles.